The zero-order chi connectivity index (χ0) is 25.9. The molecular formula is C25H30ClFN4O4S. The Balaban J connectivity index is 1.75. The Kier molecular flexibility index (Phi) is 8.29. The van der Waals surface area contributed by atoms with Gasteiger partial charge in [0.2, 0.25) is 11.8 Å². The largest absolute Gasteiger partial charge is 0.351 e. The van der Waals surface area contributed by atoms with Crippen molar-refractivity contribution in [2.45, 2.75) is 57.2 Å². The van der Waals surface area contributed by atoms with Gasteiger partial charge in [-0.1, -0.05) is 55.1 Å². The average Bonchev–Trinajstić information content (AvgIpc) is 3.69. The summed E-state index contributed by atoms with van der Waals surface area (Å²) in [5.41, 5.74) is 0.465. The number of anilines is 1. The van der Waals surface area contributed by atoms with Crippen LogP contribution >= 0.6 is 11.6 Å². The predicted octanol–water partition coefficient (Wildman–Crippen LogP) is 3.54. The third-order valence-electron chi connectivity index (χ3n) is 6.42. The highest BCUT2D eigenvalue weighted by molar-refractivity contribution is 7.87. The molecule has 2 amide bonds. The fraction of sp³-hybridized carbons (Fsp3) is 0.440. The third kappa shape index (κ3) is 6.23. The molecule has 2 fully saturated rings. The Morgan fingerprint density at radius 2 is 1.78 bits per heavy atom. The molecule has 2 aliphatic rings. The van der Waals surface area contributed by atoms with E-state index in [1.54, 1.807) is 24.3 Å². The molecule has 0 aromatic heterocycles. The molecule has 1 saturated carbocycles. The Bertz CT molecular complexity index is 1220. The molecular weight excluding hydrogens is 507 g/mol. The van der Waals surface area contributed by atoms with Crippen LogP contribution in [0, 0.1) is 5.82 Å². The highest BCUT2D eigenvalue weighted by Crippen LogP contribution is 2.33. The number of nitrogens with one attached hydrogen (secondary N) is 2. The molecule has 194 valence electrons. The van der Waals surface area contributed by atoms with E-state index in [0.29, 0.717) is 18.7 Å². The molecule has 2 atom stereocenters. The van der Waals surface area contributed by atoms with Gasteiger partial charge in [0.25, 0.3) is 10.2 Å². The zero-order valence-electron chi connectivity index (χ0n) is 20.0. The molecule has 1 heterocycles. The molecule has 2 N–H and O–H groups in total. The normalized spacial score (nSPS) is 18.3. The first kappa shape index (κ1) is 26.5. The molecule has 4 rings (SSSR count). The van der Waals surface area contributed by atoms with Crippen LogP contribution in [-0.4, -0.2) is 49.7 Å². The second kappa shape index (κ2) is 11.2. The molecule has 1 aliphatic carbocycles. The van der Waals surface area contributed by atoms with E-state index in [1.807, 2.05) is 0 Å². The van der Waals surface area contributed by atoms with Crippen molar-refractivity contribution in [3.8, 4) is 0 Å². The summed E-state index contributed by atoms with van der Waals surface area (Å²) in [4.78, 5) is 28.8. The summed E-state index contributed by atoms with van der Waals surface area (Å²) in [6.07, 6.45) is 4.72. The van der Waals surface area contributed by atoms with Crippen molar-refractivity contribution < 1.29 is 22.4 Å². The predicted molar refractivity (Wildman–Crippen MR) is 136 cm³/mol. The van der Waals surface area contributed by atoms with Crippen molar-refractivity contribution >= 4 is 39.3 Å². The van der Waals surface area contributed by atoms with Gasteiger partial charge < -0.3 is 5.32 Å². The van der Waals surface area contributed by atoms with Gasteiger partial charge in [-0.15, -0.1) is 0 Å². The van der Waals surface area contributed by atoms with Gasteiger partial charge in [-0.2, -0.15) is 17.4 Å². The van der Waals surface area contributed by atoms with Crippen molar-refractivity contribution in [1.82, 2.24) is 14.3 Å². The summed E-state index contributed by atoms with van der Waals surface area (Å²) in [6, 6.07) is 9.42. The molecule has 0 bridgehead atoms. The Morgan fingerprint density at radius 1 is 1.08 bits per heavy atom. The number of carbonyl (C=O) groups excluding carboxylic acids is 2. The smallest absolute Gasteiger partial charge is 0.280 e. The second-order valence-corrected chi connectivity index (χ2v) is 11.3. The summed E-state index contributed by atoms with van der Waals surface area (Å²) < 4.78 is 42.9. The minimum atomic E-state index is -3.86. The zero-order valence-corrected chi connectivity index (χ0v) is 21.6. The number of hydrogen-bond acceptors (Lipinski definition) is 4. The van der Waals surface area contributed by atoms with Crippen molar-refractivity contribution in [3.05, 3.63) is 64.9 Å². The van der Waals surface area contributed by atoms with E-state index in [1.165, 1.54) is 29.4 Å². The van der Waals surface area contributed by atoms with Crippen LogP contribution in [0.2, 0.25) is 5.02 Å². The van der Waals surface area contributed by atoms with Crippen molar-refractivity contribution in [3.63, 3.8) is 0 Å². The highest BCUT2D eigenvalue weighted by atomic mass is 35.5. The lowest BCUT2D eigenvalue weighted by molar-refractivity contribution is -0.127. The fourth-order valence-corrected chi connectivity index (χ4v) is 5.99. The average molecular weight is 537 g/mol. The molecule has 0 spiro atoms. The summed E-state index contributed by atoms with van der Waals surface area (Å²) >= 11 is 6.50. The number of nitrogens with zero attached hydrogens (tertiary/aromatic N) is 2. The van der Waals surface area contributed by atoms with Crippen LogP contribution in [-0.2, 0) is 19.8 Å². The topological polar surface area (TPSA) is 98.6 Å². The van der Waals surface area contributed by atoms with Gasteiger partial charge in [-0.05, 0) is 44.0 Å². The maximum Gasteiger partial charge on any atom is 0.280 e. The van der Waals surface area contributed by atoms with E-state index in [2.05, 4.69) is 10.0 Å². The molecule has 0 unspecified atom stereocenters. The Morgan fingerprint density at radius 3 is 2.42 bits per heavy atom. The number of hydrogen-bond donors (Lipinski definition) is 2. The molecule has 2 aromatic carbocycles. The number of carbonyl (C=O) groups is 2. The van der Waals surface area contributed by atoms with E-state index >= 15 is 0 Å². The van der Waals surface area contributed by atoms with Crippen LogP contribution in [0.5, 0.6) is 0 Å². The van der Waals surface area contributed by atoms with Crippen LogP contribution in [0.1, 0.15) is 50.6 Å². The van der Waals surface area contributed by atoms with E-state index in [9.17, 15) is 22.4 Å². The number of rotatable bonds is 9. The maximum absolute atomic E-state index is 14.3. The lowest BCUT2D eigenvalue weighted by atomic mass is 9.94. The number of amides is 2. The molecule has 1 aliphatic heterocycles. The summed E-state index contributed by atoms with van der Waals surface area (Å²) in [5.74, 6) is -1.78. The third-order valence-corrected chi connectivity index (χ3v) is 8.46. The van der Waals surface area contributed by atoms with E-state index in [4.69, 9.17) is 11.6 Å². The summed E-state index contributed by atoms with van der Waals surface area (Å²) in [7, 11) is -3.86. The molecule has 1 saturated heterocycles. The minimum Gasteiger partial charge on any atom is -0.351 e. The van der Waals surface area contributed by atoms with Crippen LogP contribution < -0.4 is 14.9 Å². The summed E-state index contributed by atoms with van der Waals surface area (Å²) in [5, 5.41) is 3.30. The van der Waals surface area contributed by atoms with Gasteiger partial charge in [0.05, 0.1) is 6.04 Å². The molecule has 11 heteroatoms. The lowest BCUT2D eigenvalue weighted by Crippen LogP contribution is -2.53. The molecule has 0 radical (unpaired) electrons. The molecule has 2 aromatic rings. The SMILES string of the molecule is C[C@H](NS(=O)(=O)N1CC1)C(=O)N(c1cccc(F)c1)[C@@H](C(=O)NC1CCCCC1)c1ccccc1Cl. The standard InChI is InChI=1S/C25H30ClFN4O4S/c1-17(29-36(34,35)30-14-15-30)25(33)31(20-11-7-8-18(27)16-20)23(21-12-5-6-13-22(21)26)24(32)28-19-9-3-2-4-10-19/h5-8,11-13,16-17,19,23,29H,2-4,9-10,14-15H2,1H3,(H,28,32)/t17-,23+/m0/s1. The Labute approximate surface area is 216 Å². The fourth-order valence-electron chi connectivity index (χ4n) is 4.49. The first-order valence-electron chi connectivity index (χ1n) is 12.1. The summed E-state index contributed by atoms with van der Waals surface area (Å²) in [6.45, 7) is 2.14. The van der Waals surface area contributed by atoms with Crippen molar-refractivity contribution in [2.24, 2.45) is 0 Å². The van der Waals surface area contributed by atoms with Gasteiger partial charge in [-0.25, -0.2) is 4.39 Å². The highest BCUT2D eigenvalue weighted by Gasteiger charge is 2.40. The quantitative estimate of drug-likeness (QED) is 0.479. The minimum absolute atomic E-state index is 0.0562. The van der Waals surface area contributed by atoms with Crippen molar-refractivity contribution in [1.29, 1.82) is 0 Å². The molecule has 8 nitrogen and oxygen atoms in total. The van der Waals surface area contributed by atoms with E-state index in [-0.39, 0.29) is 16.8 Å². The van der Waals surface area contributed by atoms with Crippen LogP contribution in [0.25, 0.3) is 0 Å². The van der Waals surface area contributed by atoms with E-state index < -0.39 is 39.9 Å². The van der Waals surface area contributed by atoms with Crippen LogP contribution in [0.15, 0.2) is 48.5 Å². The first-order chi connectivity index (χ1) is 17.2. The number of benzene rings is 2. The monoisotopic (exact) mass is 536 g/mol. The van der Waals surface area contributed by atoms with Gasteiger partial charge in [0.15, 0.2) is 0 Å². The van der Waals surface area contributed by atoms with Crippen LogP contribution in [0.3, 0.4) is 0 Å². The van der Waals surface area contributed by atoms with Gasteiger partial charge in [-0.3, -0.25) is 14.5 Å². The molecule has 36 heavy (non-hydrogen) atoms. The number of halogens is 2. The van der Waals surface area contributed by atoms with E-state index in [0.717, 1.165) is 43.1 Å². The second-order valence-electron chi connectivity index (χ2n) is 9.20. The van der Waals surface area contributed by atoms with Gasteiger partial charge in [0.1, 0.15) is 11.9 Å². The van der Waals surface area contributed by atoms with Gasteiger partial charge >= 0.3 is 0 Å². The van der Waals surface area contributed by atoms with Gasteiger partial charge in [0, 0.05) is 35.4 Å². The first-order valence-corrected chi connectivity index (χ1v) is 13.9. The van der Waals surface area contributed by atoms with Crippen LogP contribution in [0.4, 0.5) is 10.1 Å². The van der Waals surface area contributed by atoms with Crippen molar-refractivity contribution in [2.75, 3.05) is 18.0 Å². The maximum atomic E-state index is 14.3. The Hall–Kier alpha value is -2.53. The lowest BCUT2D eigenvalue weighted by Gasteiger charge is -2.35.